The maximum atomic E-state index is 4.03. The summed E-state index contributed by atoms with van der Waals surface area (Å²) in [6, 6.07) is 0. The van der Waals surface area contributed by atoms with Crippen molar-refractivity contribution in [2.24, 2.45) is 5.41 Å². The fourth-order valence-corrected chi connectivity index (χ4v) is 2.18. The van der Waals surface area contributed by atoms with E-state index in [-0.39, 0.29) is 0 Å². The molecule has 2 aliphatic carbocycles. The van der Waals surface area contributed by atoms with Crippen LogP contribution in [0.2, 0.25) is 0 Å². The van der Waals surface area contributed by atoms with Crippen LogP contribution in [0.25, 0.3) is 0 Å². The van der Waals surface area contributed by atoms with Crippen LogP contribution in [0.4, 0.5) is 0 Å². The lowest BCUT2D eigenvalue weighted by Crippen LogP contribution is -2.23. The predicted octanol–water partition coefficient (Wildman–Crippen LogP) is 3.62. The second kappa shape index (κ2) is 2.62. The number of hydrogen-bond donors (Lipinski definition) is 0. The molecule has 2 aliphatic rings. The van der Waals surface area contributed by atoms with Gasteiger partial charge in [-0.2, -0.15) is 0 Å². The van der Waals surface area contributed by atoms with E-state index in [1.807, 2.05) is 0 Å². The van der Waals surface area contributed by atoms with Gasteiger partial charge in [0.2, 0.25) is 0 Å². The van der Waals surface area contributed by atoms with Crippen molar-refractivity contribution in [3.8, 4) is 0 Å². The molecular weight excluding hydrogens is 144 g/mol. The van der Waals surface area contributed by atoms with Gasteiger partial charge in [-0.15, -0.1) is 0 Å². The molecule has 0 heteroatoms. The fraction of sp³-hybridized carbons (Fsp3) is 0.500. The highest BCUT2D eigenvalue weighted by molar-refractivity contribution is 5.38. The van der Waals surface area contributed by atoms with Gasteiger partial charge in [0.1, 0.15) is 0 Å². The third-order valence-electron chi connectivity index (χ3n) is 3.21. The molecule has 0 radical (unpaired) electrons. The minimum Gasteiger partial charge on any atom is -0.0958 e. The standard InChI is InChI=1S/C12H16/c1-10-6-8-12(2)7-4-3-5-11(12)9-10/h3,5,9H,1,4,6-8H2,2H3/t12-/m1/s1. The van der Waals surface area contributed by atoms with E-state index >= 15 is 0 Å². The van der Waals surface area contributed by atoms with Crippen molar-refractivity contribution < 1.29 is 0 Å². The van der Waals surface area contributed by atoms with Crippen LogP contribution in [0.15, 0.2) is 36.0 Å². The molecular formula is C12H16. The van der Waals surface area contributed by atoms with Crippen LogP contribution in [-0.4, -0.2) is 0 Å². The summed E-state index contributed by atoms with van der Waals surface area (Å²) in [5, 5.41) is 0. The van der Waals surface area contributed by atoms with E-state index in [0.717, 1.165) is 0 Å². The first kappa shape index (κ1) is 7.85. The van der Waals surface area contributed by atoms with E-state index in [4.69, 9.17) is 0 Å². The Morgan fingerprint density at radius 3 is 3.08 bits per heavy atom. The van der Waals surface area contributed by atoms with Gasteiger partial charge in [0.05, 0.1) is 0 Å². The molecule has 0 saturated carbocycles. The Bertz CT molecular complexity index is 268. The van der Waals surface area contributed by atoms with Crippen molar-refractivity contribution >= 4 is 0 Å². The third-order valence-corrected chi connectivity index (χ3v) is 3.21. The minimum absolute atomic E-state index is 0.468. The van der Waals surface area contributed by atoms with Gasteiger partial charge in [0.15, 0.2) is 0 Å². The average molecular weight is 160 g/mol. The molecule has 12 heavy (non-hydrogen) atoms. The molecule has 0 spiro atoms. The van der Waals surface area contributed by atoms with Crippen LogP contribution in [0.3, 0.4) is 0 Å². The summed E-state index contributed by atoms with van der Waals surface area (Å²) in [7, 11) is 0. The van der Waals surface area contributed by atoms with Crippen molar-refractivity contribution in [2.45, 2.75) is 32.6 Å². The second-order valence-corrected chi connectivity index (χ2v) is 4.26. The normalized spacial score (nSPS) is 34.4. The molecule has 64 valence electrons. The Hall–Kier alpha value is -0.780. The molecule has 0 aromatic carbocycles. The summed E-state index contributed by atoms with van der Waals surface area (Å²) >= 11 is 0. The zero-order valence-electron chi connectivity index (χ0n) is 7.77. The zero-order chi connectivity index (χ0) is 8.60. The fourth-order valence-electron chi connectivity index (χ4n) is 2.18. The van der Waals surface area contributed by atoms with E-state index in [0.29, 0.717) is 5.41 Å². The Balaban J connectivity index is 2.39. The molecule has 0 amide bonds. The Morgan fingerprint density at radius 2 is 2.25 bits per heavy atom. The molecule has 0 aromatic heterocycles. The smallest absolute Gasteiger partial charge is 0.00692 e. The SMILES string of the molecule is C=C1C=C2C=CCC[C@]2(C)CC1. The van der Waals surface area contributed by atoms with Crippen LogP contribution >= 0.6 is 0 Å². The Morgan fingerprint density at radius 1 is 1.42 bits per heavy atom. The van der Waals surface area contributed by atoms with Crippen molar-refractivity contribution in [2.75, 3.05) is 0 Å². The molecule has 0 unspecified atom stereocenters. The molecule has 0 aliphatic heterocycles. The van der Waals surface area contributed by atoms with Crippen molar-refractivity contribution in [1.82, 2.24) is 0 Å². The molecule has 0 N–H and O–H groups in total. The lowest BCUT2D eigenvalue weighted by molar-refractivity contribution is 0.330. The van der Waals surface area contributed by atoms with E-state index in [2.05, 4.69) is 31.7 Å². The van der Waals surface area contributed by atoms with Crippen molar-refractivity contribution in [3.63, 3.8) is 0 Å². The largest absolute Gasteiger partial charge is 0.0958 e. The van der Waals surface area contributed by atoms with Gasteiger partial charge in [-0.05, 0) is 36.7 Å². The van der Waals surface area contributed by atoms with E-state index < -0.39 is 0 Å². The highest BCUT2D eigenvalue weighted by Crippen LogP contribution is 2.45. The first-order valence-electron chi connectivity index (χ1n) is 4.77. The quantitative estimate of drug-likeness (QED) is 0.507. The van der Waals surface area contributed by atoms with Crippen LogP contribution in [0.5, 0.6) is 0 Å². The monoisotopic (exact) mass is 160 g/mol. The van der Waals surface area contributed by atoms with Gasteiger partial charge >= 0.3 is 0 Å². The van der Waals surface area contributed by atoms with Gasteiger partial charge in [-0.3, -0.25) is 0 Å². The average Bonchev–Trinajstić information content (AvgIpc) is 2.06. The van der Waals surface area contributed by atoms with Crippen molar-refractivity contribution in [3.05, 3.63) is 36.0 Å². The molecule has 0 aromatic rings. The molecule has 1 atom stereocenters. The van der Waals surface area contributed by atoms with Gasteiger partial charge in [-0.1, -0.05) is 37.3 Å². The topological polar surface area (TPSA) is 0 Å². The Kier molecular flexibility index (Phi) is 1.71. The van der Waals surface area contributed by atoms with E-state index in [1.165, 1.54) is 36.8 Å². The zero-order valence-corrected chi connectivity index (χ0v) is 7.77. The lowest BCUT2D eigenvalue weighted by Gasteiger charge is -2.37. The summed E-state index contributed by atoms with van der Waals surface area (Å²) in [5.74, 6) is 0. The van der Waals surface area contributed by atoms with Gasteiger partial charge in [0, 0.05) is 0 Å². The third kappa shape index (κ3) is 1.16. The van der Waals surface area contributed by atoms with E-state index in [1.54, 1.807) is 0 Å². The summed E-state index contributed by atoms with van der Waals surface area (Å²) in [4.78, 5) is 0. The predicted molar refractivity (Wildman–Crippen MR) is 52.9 cm³/mol. The molecule has 0 fully saturated rings. The summed E-state index contributed by atoms with van der Waals surface area (Å²) < 4.78 is 0. The van der Waals surface area contributed by atoms with Gasteiger partial charge in [0.25, 0.3) is 0 Å². The maximum Gasteiger partial charge on any atom is -0.00692 e. The number of fused-ring (bicyclic) bond motifs is 1. The minimum atomic E-state index is 0.468. The van der Waals surface area contributed by atoms with Crippen LogP contribution in [0.1, 0.15) is 32.6 Å². The van der Waals surface area contributed by atoms with Gasteiger partial charge < -0.3 is 0 Å². The summed E-state index contributed by atoms with van der Waals surface area (Å²) in [5.41, 5.74) is 3.27. The lowest BCUT2D eigenvalue weighted by atomic mass is 9.68. The number of rotatable bonds is 0. The highest BCUT2D eigenvalue weighted by atomic mass is 14.4. The van der Waals surface area contributed by atoms with Crippen LogP contribution in [-0.2, 0) is 0 Å². The van der Waals surface area contributed by atoms with Crippen LogP contribution in [0, 0.1) is 5.41 Å². The van der Waals surface area contributed by atoms with Crippen LogP contribution < -0.4 is 0 Å². The number of hydrogen-bond acceptors (Lipinski definition) is 0. The van der Waals surface area contributed by atoms with E-state index in [9.17, 15) is 0 Å². The highest BCUT2D eigenvalue weighted by Gasteiger charge is 2.31. The molecule has 0 nitrogen and oxygen atoms in total. The molecule has 0 bridgehead atoms. The molecule has 2 rings (SSSR count). The van der Waals surface area contributed by atoms with Crippen molar-refractivity contribution in [1.29, 1.82) is 0 Å². The Labute approximate surface area is 74.7 Å². The summed E-state index contributed by atoms with van der Waals surface area (Å²) in [6.07, 6.45) is 11.9. The second-order valence-electron chi connectivity index (χ2n) is 4.26. The van der Waals surface area contributed by atoms with Gasteiger partial charge in [-0.25, -0.2) is 0 Å². The first-order chi connectivity index (χ1) is 5.71. The number of allylic oxidation sites excluding steroid dienone is 5. The molecule has 0 heterocycles. The summed E-state index contributed by atoms with van der Waals surface area (Å²) in [6.45, 7) is 6.41. The maximum absolute atomic E-state index is 4.03. The first-order valence-corrected chi connectivity index (χ1v) is 4.77. The molecule has 0 saturated heterocycles.